The molecule has 16 heavy (non-hydrogen) atoms. The van der Waals surface area contributed by atoms with Crippen molar-refractivity contribution in [3.05, 3.63) is 0 Å². The summed E-state index contributed by atoms with van der Waals surface area (Å²) in [6, 6.07) is 0. The van der Waals surface area contributed by atoms with Crippen molar-refractivity contribution in [2.45, 2.75) is 27.2 Å². The molecule has 0 aliphatic heterocycles. The number of hydrogen-bond acceptors (Lipinski definition) is 4. The van der Waals surface area contributed by atoms with Crippen LogP contribution >= 0.6 is 0 Å². The third-order valence-corrected chi connectivity index (χ3v) is 2.54. The lowest BCUT2D eigenvalue weighted by Gasteiger charge is -2.30. The summed E-state index contributed by atoms with van der Waals surface area (Å²) < 4.78 is 0. The van der Waals surface area contributed by atoms with Gasteiger partial charge in [-0.3, -0.25) is 4.79 Å². The Balaban J connectivity index is 4.73. The molecule has 6 nitrogen and oxygen atoms in total. The van der Waals surface area contributed by atoms with Gasteiger partial charge in [0.25, 0.3) is 0 Å². The summed E-state index contributed by atoms with van der Waals surface area (Å²) in [6.45, 7) is 6.08. The normalized spacial score (nSPS) is 12.6. The van der Waals surface area contributed by atoms with Crippen LogP contribution in [0.4, 0.5) is 0 Å². The van der Waals surface area contributed by atoms with Crippen LogP contribution in [-0.4, -0.2) is 46.7 Å². The van der Waals surface area contributed by atoms with Gasteiger partial charge in [0, 0.05) is 19.7 Å². The molecule has 1 amide bonds. The first-order valence-corrected chi connectivity index (χ1v) is 5.30. The number of hydrogen-bond donors (Lipinski definition) is 3. The molecular weight excluding hydrogens is 210 g/mol. The highest BCUT2D eigenvalue weighted by Crippen LogP contribution is 2.19. The zero-order chi connectivity index (χ0) is 12.8. The Bertz CT molecular complexity index is 264. The van der Waals surface area contributed by atoms with Crippen LogP contribution in [0.2, 0.25) is 0 Å². The van der Waals surface area contributed by atoms with Gasteiger partial charge in [0.05, 0.1) is 0 Å². The van der Waals surface area contributed by atoms with Gasteiger partial charge >= 0.3 is 0 Å². The number of nitrogens with two attached hydrogens (primary N) is 1. The van der Waals surface area contributed by atoms with Gasteiger partial charge in [-0.1, -0.05) is 5.16 Å². The van der Waals surface area contributed by atoms with Crippen molar-refractivity contribution in [1.29, 1.82) is 0 Å². The molecule has 0 aromatic carbocycles. The van der Waals surface area contributed by atoms with Gasteiger partial charge < -0.3 is 20.9 Å². The minimum atomic E-state index is -1.03. The molecule has 0 saturated carbocycles. The first-order valence-electron chi connectivity index (χ1n) is 5.30. The fourth-order valence-corrected chi connectivity index (χ4v) is 1.29. The van der Waals surface area contributed by atoms with E-state index in [2.05, 4.69) is 5.16 Å². The zero-order valence-corrected chi connectivity index (χ0v) is 10.1. The van der Waals surface area contributed by atoms with Gasteiger partial charge in [-0.2, -0.15) is 0 Å². The number of oxime groups is 1. The van der Waals surface area contributed by atoms with Crippen molar-refractivity contribution in [3.63, 3.8) is 0 Å². The second kappa shape index (κ2) is 6.32. The van der Waals surface area contributed by atoms with Crippen molar-refractivity contribution < 1.29 is 15.1 Å². The van der Waals surface area contributed by atoms with Gasteiger partial charge in [-0.05, 0) is 27.2 Å². The van der Waals surface area contributed by atoms with E-state index in [0.29, 0.717) is 19.5 Å². The van der Waals surface area contributed by atoms with E-state index in [9.17, 15) is 4.79 Å². The zero-order valence-electron chi connectivity index (χ0n) is 10.1. The molecular formula is C10H21N3O3. The van der Waals surface area contributed by atoms with Crippen LogP contribution in [0.1, 0.15) is 27.2 Å². The van der Waals surface area contributed by atoms with E-state index in [1.54, 1.807) is 18.7 Å². The molecule has 0 bridgehead atoms. The van der Waals surface area contributed by atoms with Gasteiger partial charge in [0.2, 0.25) is 5.91 Å². The standard InChI is InChI=1S/C10H21N3O3/c1-4-13(6-5-7-14)9(15)10(2,3)8(11)12-16/h14,16H,4-7H2,1-3H3,(H2,11,12). The Morgan fingerprint density at radius 1 is 1.50 bits per heavy atom. The van der Waals surface area contributed by atoms with Crippen LogP contribution < -0.4 is 5.73 Å². The molecule has 4 N–H and O–H groups in total. The average Bonchev–Trinajstić information content (AvgIpc) is 2.28. The number of amidine groups is 1. The summed E-state index contributed by atoms with van der Waals surface area (Å²) in [7, 11) is 0. The number of aliphatic hydroxyl groups excluding tert-OH is 1. The molecule has 0 saturated heterocycles. The number of amides is 1. The number of carbonyl (C=O) groups excluding carboxylic acids is 1. The quantitative estimate of drug-likeness (QED) is 0.259. The summed E-state index contributed by atoms with van der Waals surface area (Å²) in [5.41, 5.74) is 4.45. The second-order valence-corrected chi connectivity index (χ2v) is 4.07. The Morgan fingerprint density at radius 2 is 2.06 bits per heavy atom. The Hall–Kier alpha value is -1.30. The second-order valence-electron chi connectivity index (χ2n) is 4.07. The number of rotatable bonds is 6. The maximum Gasteiger partial charge on any atom is 0.235 e. The predicted octanol–water partition coefficient (Wildman–Crippen LogP) is -0.0101. The highest BCUT2D eigenvalue weighted by molar-refractivity contribution is 6.05. The smallest absolute Gasteiger partial charge is 0.235 e. The summed E-state index contributed by atoms with van der Waals surface area (Å²) in [5, 5.41) is 20.2. The van der Waals surface area contributed by atoms with E-state index in [4.69, 9.17) is 16.0 Å². The molecule has 0 aliphatic rings. The lowest BCUT2D eigenvalue weighted by Crippen LogP contribution is -2.48. The molecule has 0 unspecified atom stereocenters. The van der Waals surface area contributed by atoms with Crippen LogP contribution in [0.25, 0.3) is 0 Å². The Labute approximate surface area is 95.7 Å². The van der Waals surface area contributed by atoms with Gasteiger partial charge in [-0.15, -0.1) is 0 Å². The number of nitrogens with zero attached hydrogens (tertiary/aromatic N) is 2. The van der Waals surface area contributed by atoms with Crippen molar-refractivity contribution in [3.8, 4) is 0 Å². The third-order valence-electron chi connectivity index (χ3n) is 2.54. The molecule has 0 atom stereocenters. The fraction of sp³-hybridized carbons (Fsp3) is 0.800. The lowest BCUT2D eigenvalue weighted by molar-refractivity contribution is -0.137. The van der Waals surface area contributed by atoms with Crippen molar-refractivity contribution >= 4 is 11.7 Å². The first-order chi connectivity index (χ1) is 7.41. The van der Waals surface area contributed by atoms with Gasteiger partial charge in [0.1, 0.15) is 5.41 Å². The maximum absolute atomic E-state index is 12.1. The molecule has 0 aromatic heterocycles. The summed E-state index contributed by atoms with van der Waals surface area (Å²) in [6.07, 6.45) is 0.520. The number of aliphatic hydroxyl groups is 1. The van der Waals surface area contributed by atoms with E-state index in [-0.39, 0.29) is 18.3 Å². The minimum Gasteiger partial charge on any atom is -0.409 e. The third kappa shape index (κ3) is 3.37. The largest absolute Gasteiger partial charge is 0.409 e. The van der Waals surface area contributed by atoms with E-state index in [0.717, 1.165) is 0 Å². The van der Waals surface area contributed by atoms with Crippen LogP contribution in [0.5, 0.6) is 0 Å². The molecule has 0 spiro atoms. The summed E-state index contributed by atoms with van der Waals surface area (Å²) in [4.78, 5) is 13.7. The molecule has 0 heterocycles. The summed E-state index contributed by atoms with van der Waals surface area (Å²) in [5.74, 6) is -0.321. The van der Waals surface area contributed by atoms with E-state index >= 15 is 0 Å². The monoisotopic (exact) mass is 231 g/mol. The highest BCUT2D eigenvalue weighted by atomic mass is 16.4. The van der Waals surface area contributed by atoms with Crippen molar-refractivity contribution in [2.24, 2.45) is 16.3 Å². The van der Waals surface area contributed by atoms with Crippen LogP contribution in [0.15, 0.2) is 5.16 Å². The van der Waals surface area contributed by atoms with E-state index in [1.807, 2.05) is 6.92 Å². The van der Waals surface area contributed by atoms with E-state index in [1.165, 1.54) is 0 Å². The molecule has 0 aliphatic carbocycles. The van der Waals surface area contributed by atoms with Gasteiger partial charge in [-0.25, -0.2) is 0 Å². The summed E-state index contributed by atoms with van der Waals surface area (Å²) >= 11 is 0. The Morgan fingerprint density at radius 3 is 2.44 bits per heavy atom. The van der Waals surface area contributed by atoms with Crippen LogP contribution in [0, 0.1) is 5.41 Å². The van der Waals surface area contributed by atoms with E-state index < -0.39 is 5.41 Å². The van der Waals surface area contributed by atoms with Crippen molar-refractivity contribution in [1.82, 2.24) is 4.90 Å². The predicted molar refractivity (Wildman–Crippen MR) is 61.1 cm³/mol. The van der Waals surface area contributed by atoms with Crippen LogP contribution in [-0.2, 0) is 4.79 Å². The SMILES string of the molecule is CCN(CCCO)C(=O)C(C)(C)C(N)=NO. The molecule has 0 aromatic rings. The van der Waals surface area contributed by atoms with Crippen molar-refractivity contribution in [2.75, 3.05) is 19.7 Å². The van der Waals surface area contributed by atoms with Gasteiger partial charge in [0.15, 0.2) is 5.84 Å². The Kier molecular flexibility index (Phi) is 5.81. The first kappa shape index (κ1) is 14.7. The topological polar surface area (TPSA) is 99.2 Å². The molecule has 6 heteroatoms. The molecule has 0 fully saturated rings. The number of carbonyl (C=O) groups is 1. The molecule has 0 rings (SSSR count). The molecule has 0 radical (unpaired) electrons. The average molecular weight is 231 g/mol. The highest BCUT2D eigenvalue weighted by Gasteiger charge is 2.35. The minimum absolute atomic E-state index is 0.0355. The van der Waals surface area contributed by atoms with Crippen LogP contribution in [0.3, 0.4) is 0 Å². The molecule has 94 valence electrons. The fourth-order valence-electron chi connectivity index (χ4n) is 1.29. The lowest BCUT2D eigenvalue weighted by atomic mass is 9.90. The maximum atomic E-state index is 12.1.